The second kappa shape index (κ2) is 9.93. The number of carbonyl (C=O) groups is 2. The highest BCUT2D eigenvalue weighted by Crippen LogP contribution is 2.36. The van der Waals surface area contributed by atoms with Crippen molar-refractivity contribution in [2.24, 2.45) is 5.92 Å². The van der Waals surface area contributed by atoms with Gasteiger partial charge in [-0.15, -0.1) is 0 Å². The molecule has 0 aromatic heterocycles. The molecule has 5 rings (SSSR count). The standard InChI is InChI=1S/C26H31N3O5/c1-32-22-7-3-2-6-20(22)21(28-10-4-5-11-28)16-27-26(31)18-14-25(30)29(17-18)19-8-9-23-24(15-19)34-13-12-33-23/h2-3,6-9,15,18,21H,4-5,10-14,16-17H2,1H3,(H,27,31)/t18-,21-/m1/s1. The number of ether oxygens (including phenoxy) is 3. The van der Waals surface area contributed by atoms with E-state index in [1.165, 1.54) is 0 Å². The largest absolute Gasteiger partial charge is 0.496 e. The number of hydrogen-bond acceptors (Lipinski definition) is 6. The summed E-state index contributed by atoms with van der Waals surface area (Å²) in [5, 5.41) is 3.13. The molecule has 8 heteroatoms. The van der Waals surface area contributed by atoms with Gasteiger partial charge in [0.05, 0.1) is 19.1 Å². The summed E-state index contributed by atoms with van der Waals surface area (Å²) in [5.41, 5.74) is 1.81. The molecule has 2 aromatic carbocycles. The number of likely N-dealkylation sites (tertiary alicyclic amines) is 1. The second-order valence-corrected chi connectivity index (χ2v) is 8.98. The molecular formula is C26H31N3O5. The molecule has 0 radical (unpaired) electrons. The smallest absolute Gasteiger partial charge is 0.227 e. The topological polar surface area (TPSA) is 80.3 Å². The lowest BCUT2D eigenvalue weighted by atomic mass is 10.0. The molecule has 2 aromatic rings. The van der Waals surface area contributed by atoms with Crippen LogP contribution in [0, 0.1) is 5.92 Å². The van der Waals surface area contributed by atoms with Crippen molar-refractivity contribution >= 4 is 17.5 Å². The predicted octanol–water partition coefficient (Wildman–Crippen LogP) is 2.77. The minimum atomic E-state index is -0.391. The third kappa shape index (κ3) is 4.55. The number of hydrogen-bond donors (Lipinski definition) is 1. The van der Waals surface area contributed by atoms with E-state index in [4.69, 9.17) is 14.2 Å². The van der Waals surface area contributed by atoms with Gasteiger partial charge in [0.1, 0.15) is 19.0 Å². The fourth-order valence-electron chi connectivity index (χ4n) is 5.11. The summed E-state index contributed by atoms with van der Waals surface area (Å²) < 4.78 is 16.8. The van der Waals surface area contributed by atoms with E-state index in [9.17, 15) is 9.59 Å². The van der Waals surface area contributed by atoms with Crippen LogP contribution in [0.2, 0.25) is 0 Å². The normalized spacial score (nSPS) is 20.9. The van der Waals surface area contributed by atoms with Gasteiger partial charge in [0.25, 0.3) is 0 Å². The molecule has 0 spiro atoms. The Morgan fingerprint density at radius 2 is 1.88 bits per heavy atom. The van der Waals surface area contributed by atoms with E-state index < -0.39 is 5.92 Å². The highest BCUT2D eigenvalue weighted by Gasteiger charge is 2.36. The van der Waals surface area contributed by atoms with Gasteiger partial charge in [-0.1, -0.05) is 18.2 Å². The van der Waals surface area contributed by atoms with Crippen LogP contribution < -0.4 is 24.4 Å². The summed E-state index contributed by atoms with van der Waals surface area (Å²) in [5.74, 6) is 1.60. The summed E-state index contributed by atoms with van der Waals surface area (Å²) >= 11 is 0. The number of benzene rings is 2. The van der Waals surface area contributed by atoms with E-state index in [0.29, 0.717) is 37.8 Å². The van der Waals surface area contributed by atoms with Crippen molar-refractivity contribution in [1.29, 1.82) is 0 Å². The average molecular weight is 466 g/mol. The van der Waals surface area contributed by atoms with Crippen molar-refractivity contribution in [3.8, 4) is 17.2 Å². The molecule has 1 N–H and O–H groups in total. The van der Waals surface area contributed by atoms with E-state index in [2.05, 4.69) is 16.3 Å². The zero-order valence-corrected chi connectivity index (χ0v) is 19.5. The lowest BCUT2D eigenvalue weighted by Crippen LogP contribution is -2.40. The Balaban J connectivity index is 1.26. The van der Waals surface area contributed by atoms with E-state index in [1.807, 2.05) is 36.4 Å². The van der Waals surface area contributed by atoms with Crippen molar-refractivity contribution in [2.45, 2.75) is 25.3 Å². The Kier molecular flexibility index (Phi) is 6.58. The van der Waals surface area contributed by atoms with Gasteiger partial charge in [0, 0.05) is 36.8 Å². The van der Waals surface area contributed by atoms with Gasteiger partial charge in [-0.25, -0.2) is 0 Å². The first-order valence-electron chi connectivity index (χ1n) is 12.0. The maximum atomic E-state index is 13.1. The number of fused-ring (bicyclic) bond motifs is 1. The molecule has 0 saturated carbocycles. The number of carbonyl (C=O) groups excluding carboxylic acids is 2. The predicted molar refractivity (Wildman–Crippen MR) is 127 cm³/mol. The Morgan fingerprint density at radius 3 is 2.68 bits per heavy atom. The minimum Gasteiger partial charge on any atom is -0.496 e. The van der Waals surface area contributed by atoms with E-state index in [0.717, 1.165) is 42.9 Å². The first-order chi connectivity index (χ1) is 16.6. The molecule has 0 aliphatic carbocycles. The number of para-hydroxylation sites is 1. The monoisotopic (exact) mass is 465 g/mol. The first kappa shape index (κ1) is 22.5. The van der Waals surface area contributed by atoms with Crippen LogP contribution in [0.5, 0.6) is 17.2 Å². The van der Waals surface area contributed by atoms with Crippen molar-refractivity contribution in [3.63, 3.8) is 0 Å². The maximum absolute atomic E-state index is 13.1. The quantitative estimate of drug-likeness (QED) is 0.678. The molecule has 0 unspecified atom stereocenters. The Bertz CT molecular complexity index is 1050. The molecule has 2 atom stereocenters. The molecule has 2 saturated heterocycles. The third-order valence-electron chi connectivity index (χ3n) is 6.88. The van der Waals surface area contributed by atoms with Crippen LogP contribution in [-0.2, 0) is 9.59 Å². The van der Waals surface area contributed by atoms with Crippen LogP contribution in [-0.4, -0.2) is 63.2 Å². The highest BCUT2D eigenvalue weighted by atomic mass is 16.6. The number of rotatable bonds is 7. The van der Waals surface area contributed by atoms with Crippen LogP contribution in [0.1, 0.15) is 30.9 Å². The molecule has 34 heavy (non-hydrogen) atoms. The van der Waals surface area contributed by atoms with Crippen molar-refractivity contribution in [2.75, 3.05) is 51.4 Å². The zero-order chi connectivity index (χ0) is 23.5. The molecule has 2 amide bonds. The molecule has 3 aliphatic heterocycles. The minimum absolute atomic E-state index is 0.0357. The van der Waals surface area contributed by atoms with Crippen LogP contribution in [0.25, 0.3) is 0 Å². The Hall–Kier alpha value is -3.26. The van der Waals surface area contributed by atoms with Crippen LogP contribution in [0.4, 0.5) is 5.69 Å². The SMILES string of the molecule is COc1ccccc1[C@@H](CNC(=O)[C@@H]1CC(=O)N(c2ccc3c(c2)OCCO3)C1)N1CCCC1. The van der Waals surface area contributed by atoms with Gasteiger partial charge >= 0.3 is 0 Å². The van der Waals surface area contributed by atoms with Gasteiger partial charge in [0.2, 0.25) is 11.8 Å². The van der Waals surface area contributed by atoms with E-state index in [-0.39, 0.29) is 24.3 Å². The number of amides is 2. The van der Waals surface area contributed by atoms with Crippen LogP contribution in [0.3, 0.4) is 0 Å². The number of nitrogens with one attached hydrogen (secondary N) is 1. The fourth-order valence-corrected chi connectivity index (χ4v) is 5.11. The van der Waals surface area contributed by atoms with Gasteiger partial charge in [-0.2, -0.15) is 0 Å². The summed E-state index contributed by atoms with van der Waals surface area (Å²) in [6.07, 6.45) is 2.51. The molecular weight excluding hydrogens is 434 g/mol. The molecule has 2 fully saturated rings. The lowest BCUT2D eigenvalue weighted by molar-refractivity contribution is -0.126. The first-order valence-corrected chi connectivity index (χ1v) is 12.0. The van der Waals surface area contributed by atoms with Gasteiger partial charge in [0.15, 0.2) is 11.5 Å². The van der Waals surface area contributed by atoms with Gasteiger partial charge in [-0.3, -0.25) is 14.5 Å². The fraction of sp³-hybridized carbons (Fsp3) is 0.462. The van der Waals surface area contributed by atoms with Crippen molar-refractivity contribution < 1.29 is 23.8 Å². The Morgan fingerprint density at radius 1 is 1.12 bits per heavy atom. The Labute approximate surface area is 199 Å². The van der Waals surface area contributed by atoms with Crippen molar-refractivity contribution in [3.05, 3.63) is 48.0 Å². The highest BCUT2D eigenvalue weighted by molar-refractivity contribution is 6.00. The van der Waals surface area contributed by atoms with Gasteiger partial charge in [-0.05, 0) is 44.1 Å². The number of nitrogens with zero attached hydrogens (tertiary/aromatic N) is 2. The van der Waals surface area contributed by atoms with Crippen molar-refractivity contribution in [1.82, 2.24) is 10.2 Å². The molecule has 0 bridgehead atoms. The van der Waals surface area contributed by atoms with Crippen LogP contribution in [0.15, 0.2) is 42.5 Å². The second-order valence-electron chi connectivity index (χ2n) is 8.98. The molecule has 8 nitrogen and oxygen atoms in total. The summed E-state index contributed by atoms with van der Waals surface area (Å²) in [6, 6.07) is 13.5. The number of methoxy groups -OCH3 is 1. The molecule has 3 aliphatic rings. The van der Waals surface area contributed by atoms with Crippen LogP contribution >= 0.6 is 0 Å². The maximum Gasteiger partial charge on any atom is 0.227 e. The van der Waals surface area contributed by atoms with E-state index >= 15 is 0 Å². The average Bonchev–Trinajstić information content (AvgIpc) is 3.54. The zero-order valence-electron chi connectivity index (χ0n) is 19.5. The van der Waals surface area contributed by atoms with E-state index in [1.54, 1.807) is 12.0 Å². The molecule has 180 valence electrons. The molecule has 3 heterocycles. The summed E-state index contributed by atoms with van der Waals surface area (Å²) in [7, 11) is 1.68. The summed E-state index contributed by atoms with van der Waals surface area (Å²) in [6.45, 7) is 3.84. The summed E-state index contributed by atoms with van der Waals surface area (Å²) in [4.78, 5) is 29.9. The third-order valence-corrected chi connectivity index (χ3v) is 6.88. The lowest BCUT2D eigenvalue weighted by Gasteiger charge is -2.29. The number of anilines is 1. The van der Waals surface area contributed by atoms with Gasteiger partial charge < -0.3 is 24.4 Å².